The summed E-state index contributed by atoms with van der Waals surface area (Å²) in [4.78, 5) is 49.2. The Morgan fingerprint density at radius 1 is 1.09 bits per heavy atom. The van der Waals surface area contributed by atoms with Crippen molar-refractivity contribution in [2.75, 3.05) is 45.3 Å². The van der Waals surface area contributed by atoms with Crippen molar-refractivity contribution < 1.29 is 38.1 Å². The lowest BCUT2D eigenvalue weighted by Gasteiger charge is -2.18. The van der Waals surface area contributed by atoms with Gasteiger partial charge >= 0.3 is 5.97 Å². The molecule has 11 nitrogen and oxygen atoms in total. The van der Waals surface area contributed by atoms with E-state index in [1.807, 2.05) is 6.26 Å². The zero-order valence-corrected chi connectivity index (χ0v) is 21.3. The maximum absolute atomic E-state index is 12.9. The first-order valence-corrected chi connectivity index (χ1v) is 12.5. The van der Waals surface area contributed by atoms with Crippen molar-refractivity contribution in [3.8, 4) is 17.2 Å². The normalized spacial score (nSPS) is 11.2. The fourth-order valence-corrected chi connectivity index (χ4v) is 4.22. The Bertz CT molecular complexity index is 1050. The Kier molecular flexibility index (Phi) is 10.7. The number of ether oxygens (including phenoxy) is 4. The van der Waals surface area contributed by atoms with Crippen LogP contribution in [-0.2, 0) is 14.3 Å². The molecular formula is C22H27N3O8S2. The van der Waals surface area contributed by atoms with E-state index in [0.29, 0.717) is 11.5 Å². The largest absolute Gasteiger partial charge is 0.493 e. The van der Waals surface area contributed by atoms with Crippen LogP contribution >= 0.6 is 23.1 Å². The Morgan fingerprint density at radius 3 is 2.29 bits per heavy atom. The van der Waals surface area contributed by atoms with E-state index in [1.165, 1.54) is 51.3 Å². The molecule has 1 heterocycles. The van der Waals surface area contributed by atoms with Gasteiger partial charge in [0.25, 0.3) is 17.7 Å². The van der Waals surface area contributed by atoms with E-state index in [2.05, 4.69) is 10.6 Å². The van der Waals surface area contributed by atoms with Crippen LogP contribution in [0.2, 0.25) is 0 Å². The first kappa shape index (κ1) is 27.8. The summed E-state index contributed by atoms with van der Waals surface area (Å²) in [5.74, 6) is -1.26. The molecule has 1 atom stereocenters. The SMILES string of the molecule is COc1cc(C(=O)NC(CCSC)C(=O)OCC(=O)Nc2sccc2C(N)=O)cc(OC)c1OC. The number of hydrogen-bond donors (Lipinski definition) is 3. The lowest BCUT2D eigenvalue weighted by molar-refractivity contribution is -0.149. The highest BCUT2D eigenvalue weighted by Crippen LogP contribution is 2.38. The molecule has 1 unspecified atom stereocenters. The molecule has 0 saturated carbocycles. The van der Waals surface area contributed by atoms with Crippen LogP contribution in [0.3, 0.4) is 0 Å². The van der Waals surface area contributed by atoms with Crippen molar-refractivity contribution >= 4 is 51.8 Å². The van der Waals surface area contributed by atoms with Crippen molar-refractivity contribution in [1.82, 2.24) is 5.32 Å². The minimum atomic E-state index is -1.01. The maximum atomic E-state index is 12.9. The van der Waals surface area contributed by atoms with Gasteiger partial charge in [0.15, 0.2) is 18.1 Å². The number of nitrogens with one attached hydrogen (secondary N) is 2. The molecule has 0 spiro atoms. The molecule has 2 aromatic rings. The molecule has 35 heavy (non-hydrogen) atoms. The number of esters is 1. The molecule has 0 fully saturated rings. The number of nitrogens with two attached hydrogens (primary N) is 1. The van der Waals surface area contributed by atoms with Gasteiger partial charge in [0.05, 0.1) is 26.9 Å². The number of amides is 3. The standard InChI is InChI=1S/C22H27N3O8S2/c1-30-15-9-12(10-16(31-2)18(15)32-3)20(28)24-14(6-7-34-4)22(29)33-11-17(26)25-21-13(19(23)27)5-8-35-21/h5,8-10,14H,6-7,11H2,1-4H3,(H2,23,27)(H,24,28)(H,25,26). The molecule has 0 aliphatic rings. The van der Waals surface area contributed by atoms with E-state index < -0.39 is 36.3 Å². The second kappa shape index (κ2) is 13.4. The van der Waals surface area contributed by atoms with Crippen LogP contribution in [0.25, 0.3) is 0 Å². The molecule has 1 aromatic carbocycles. The number of thioether (sulfide) groups is 1. The maximum Gasteiger partial charge on any atom is 0.329 e. The second-order valence-corrected chi connectivity index (χ2v) is 8.81. The molecule has 0 radical (unpaired) electrons. The monoisotopic (exact) mass is 525 g/mol. The third kappa shape index (κ3) is 7.52. The zero-order chi connectivity index (χ0) is 26.0. The highest BCUT2D eigenvalue weighted by Gasteiger charge is 2.25. The van der Waals surface area contributed by atoms with Gasteiger partial charge in [-0.15, -0.1) is 11.3 Å². The van der Waals surface area contributed by atoms with E-state index in [9.17, 15) is 19.2 Å². The van der Waals surface area contributed by atoms with E-state index in [1.54, 1.807) is 5.38 Å². The van der Waals surface area contributed by atoms with Crippen LogP contribution in [0.15, 0.2) is 23.6 Å². The Hall–Kier alpha value is -3.45. The first-order chi connectivity index (χ1) is 16.7. The van der Waals surface area contributed by atoms with Gasteiger partial charge < -0.3 is 35.3 Å². The number of carbonyl (C=O) groups excluding carboxylic acids is 4. The van der Waals surface area contributed by atoms with E-state index in [-0.39, 0.29) is 34.0 Å². The fourth-order valence-electron chi connectivity index (χ4n) is 2.94. The summed E-state index contributed by atoms with van der Waals surface area (Å²) in [5.41, 5.74) is 5.59. The van der Waals surface area contributed by atoms with Crippen LogP contribution < -0.4 is 30.6 Å². The molecule has 2 rings (SSSR count). The summed E-state index contributed by atoms with van der Waals surface area (Å²) in [6.45, 7) is -0.606. The molecule has 3 amide bonds. The number of carbonyl (C=O) groups is 4. The number of methoxy groups -OCH3 is 3. The topological polar surface area (TPSA) is 155 Å². The van der Waals surface area contributed by atoms with Crippen molar-refractivity contribution in [2.45, 2.75) is 12.5 Å². The molecule has 1 aromatic heterocycles. The number of benzene rings is 1. The smallest absolute Gasteiger partial charge is 0.329 e. The Morgan fingerprint density at radius 2 is 1.74 bits per heavy atom. The van der Waals surface area contributed by atoms with Crippen molar-refractivity contribution in [2.24, 2.45) is 5.73 Å². The summed E-state index contributed by atoms with van der Waals surface area (Å²) < 4.78 is 20.9. The van der Waals surface area contributed by atoms with Gasteiger partial charge in [0.2, 0.25) is 5.75 Å². The summed E-state index contributed by atoms with van der Waals surface area (Å²) in [6, 6.07) is 3.38. The van der Waals surface area contributed by atoms with Crippen LogP contribution in [0.4, 0.5) is 5.00 Å². The molecule has 0 aliphatic carbocycles. The molecule has 0 saturated heterocycles. The summed E-state index contributed by atoms with van der Waals surface area (Å²) >= 11 is 2.59. The second-order valence-electron chi connectivity index (χ2n) is 6.91. The zero-order valence-electron chi connectivity index (χ0n) is 19.7. The van der Waals surface area contributed by atoms with Gasteiger partial charge in [-0.2, -0.15) is 11.8 Å². The predicted molar refractivity (Wildman–Crippen MR) is 133 cm³/mol. The van der Waals surface area contributed by atoms with Gasteiger partial charge in [-0.05, 0) is 42.0 Å². The van der Waals surface area contributed by atoms with Gasteiger partial charge in [0, 0.05) is 5.56 Å². The van der Waals surface area contributed by atoms with Gasteiger partial charge in [-0.25, -0.2) is 4.79 Å². The lowest BCUT2D eigenvalue weighted by atomic mass is 10.1. The van der Waals surface area contributed by atoms with E-state index in [0.717, 1.165) is 11.3 Å². The number of primary amides is 1. The van der Waals surface area contributed by atoms with E-state index >= 15 is 0 Å². The first-order valence-electron chi connectivity index (χ1n) is 10.2. The number of thiophene rings is 1. The lowest BCUT2D eigenvalue weighted by Crippen LogP contribution is -2.43. The average molecular weight is 526 g/mol. The minimum absolute atomic E-state index is 0.158. The predicted octanol–water partition coefficient (Wildman–Crippen LogP) is 1.91. The minimum Gasteiger partial charge on any atom is -0.493 e. The van der Waals surface area contributed by atoms with Crippen LogP contribution in [0.1, 0.15) is 27.1 Å². The van der Waals surface area contributed by atoms with Crippen molar-refractivity contribution in [1.29, 1.82) is 0 Å². The molecule has 190 valence electrons. The van der Waals surface area contributed by atoms with Crippen LogP contribution in [-0.4, -0.2) is 69.7 Å². The fraction of sp³-hybridized carbons (Fsp3) is 0.364. The summed E-state index contributed by atoms with van der Waals surface area (Å²) in [7, 11) is 4.29. The molecule has 0 aliphatic heterocycles. The Labute approximate surface area is 210 Å². The van der Waals surface area contributed by atoms with Gasteiger partial charge in [-0.1, -0.05) is 0 Å². The number of anilines is 1. The molecule has 13 heteroatoms. The Balaban J connectivity index is 2.08. The third-order valence-corrected chi connectivity index (χ3v) is 6.13. The highest BCUT2D eigenvalue weighted by atomic mass is 32.2. The quantitative estimate of drug-likeness (QED) is 0.333. The number of hydrogen-bond acceptors (Lipinski definition) is 10. The summed E-state index contributed by atoms with van der Waals surface area (Å²) in [6.07, 6.45) is 2.13. The molecule has 4 N–H and O–H groups in total. The van der Waals surface area contributed by atoms with E-state index in [4.69, 9.17) is 24.7 Å². The molecular weight excluding hydrogens is 498 g/mol. The third-order valence-electron chi connectivity index (χ3n) is 4.66. The van der Waals surface area contributed by atoms with Crippen LogP contribution in [0, 0.1) is 0 Å². The highest BCUT2D eigenvalue weighted by molar-refractivity contribution is 7.98. The number of rotatable bonds is 13. The molecule has 0 bridgehead atoms. The van der Waals surface area contributed by atoms with Crippen molar-refractivity contribution in [3.63, 3.8) is 0 Å². The van der Waals surface area contributed by atoms with Crippen LogP contribution in [0.5, 0.6) is 17.2 Å². The average Bonchev–Trinajstić information content (AvgIpc) is 3.32. The van der Waals surface area contributed by atoms with Crippen molar-refractivity contribution in [3.05, 3.63) is 34.7 Å². The van der Waals surface area contributed by atoms with Gasteiger partial charge in [0.1, 0.15) is 11.0 Å². The summed E-state index contributed by atoms with van der Waals surface area (Å²) in [5, 5.41) is 6.97. The van der Waals surface area contributed by atoms with Gasteiger partial charge in [-0.3, -0.25) is 14.4 Å².